The van der Waals surface area contributed by atoms with Crippen molar-refractivity contribution in [3.63, 3.8) is 0 Å². The molecule has 2 aliphatic rings. The van der Waals surface area contributed by atoms with E-state index in [9.17, 15) is 9.59 Å². The van der Waals surface area contributed by atoms with Gasteiger partial charge in [0.2, 0.25) is 11.8 Å². The molecular weight excluding hydrogens is 312 g/mol. The van der Waals surface area contributed by atoms with Crippen LogP contribution in [0.25, 0.3) is 0 Å². The molecule has 0 aliphatic carbocycles. The molecule has 1 aromatic heterocycles. The molecule has 23 heavy (non-hydrogen) atoms. The standard InChI is InChI=1S/C17H24N2O3S/c1-2-13-7-8-15(22-13)14-6-4-3-5-9-19(14)16(20)10-18-12-23-11-17(18)21/h7-8,14H,2-6,9-12H2,1H3/t14-/m0/s1. The molecule has 0 spiro atoms. The maximum atomic E-state index is 12.8. The summed E-state index contributed by atoms with van der Waals surface area (Å²) in [4.78, 5) is 28.2. The molecule has 0 saturated carbocycles. The van der Waals surface area contributed by atoms with Crippen LogP contribution in [0.2, 0.25) is 0 Å². The molecule has 3 rings (SSSR count). The second kappa shape index (κ2) is 7.43. The van der Waals surface area contributed by atoms with E-state index in [-0.39, 0.29) is 24.4 Å². The molecular formula is C17H24N2O3S. The van der Waals surface area contributed by atoms with Crippen LogP contribution in [0.5, 0.6) is 0 Å². The van der Waals surface area contributed by atoms with Gasteiger partial charge in [-0.15, -0.1) is 11.8 Å². The summed E-state index contributed by atoms with van der Waals surface area (Å²) in [5.74, 6) is 3.09. The highest BCUT2D eigenvalue weighted by Crippen LogP contribution is 2.32. The quantitative estimate of drug-likeness (QED) is 0.848. The van der Waals surface area contributed by atoms with E-state index in [0.717, 1.165) is 50.2 Å². The van der Waals surface area contributed by atoms with Gasteiger partial charge in [0.15, 0.2) is 0 Å². The maximum absolute atomic E-state index is 12.8. The van der Waals surface area contributed by atoms with Crippen molar-refractivity contribution in [1.82, 2.24) is 9.80 Å². The summed E-state index contributed by atoms with van der Waals surface area (Å²) in [6.07, 6.45) is 5.06. The van der Waals surface area contributed by atoms with Crippen LogP contribution >= 0.6 is 11.8 Å². The topological polar surface area (TPSA) is 53.8 Å². The molecule has 0 bridgehead atoms. The second-order valence-electron chi connectivity index (χ2n) is 6.18. The van der Waals surface area contributed by atoms with E-state index < -0.39 is 0 Å². The SMILES string of the molecule is CCc1ccc([C@@H]2CCCCCN2C(=O)CN2CSCC2=O)o1. The fourth-order valence-electron chi connectivity index (χ4n) is 3.26. The van der Waals surface area contributed by atoms with Crippen LogP contribution in [0, 0.1) is 0 Å². The minimum atomic E-state index is 0.00987. The predicted octanol–water partition coefficient (Wildman–Crippen LogP) is 2.82. The Balaban J connectivity index is 1.75. The van der Waals surface area contributed by atoms with E-state index in [1.807, 2.05) is 17.0 Å². The van der Waals surface area contributed by atoms with Crippen molar-refractivity contribution >= 4 is 23.6 Å². The summed E-state index contributed by atoms with van der Waals surface area (Å²) in [6, 6.07) is 4.02. The first kappa shape index (κ1) is 16.4. The average molecular weight is 336 g/mol. The Morgan fingerprint density at radius 3 is 2.91 bits per heavy atom. The van der Waals surface area contributed by atoms with Crippen LogP contribution in [-0.2, 0) is 16.0 Å². The monoisotopic (exact) mass is 336 g/mol. The van der Waals surface area contributed by atoms with Gasteiger partial charge in [-0.2, -0.15) is 0 Å². The molecule has 5 nitrogen and oxygen atoms in total. The van der Waals surface area contributed by atoms with E-state index in [2.05, 4.69) is 6.92 Å². The molecule has 2 aliphatic heterocycles. The number of furan rings is 1. The lowest BCUT2D eigenvalue weighted by molar-refractivity contribution is -0.140. The minimum absolute atomic E-state index is 0.00987. The lowest BCUT2D eigenvalue weighted by Gasteiger charge is -2.30. The summed E-state index contributed by atoms with van der Waals surface area (Å²) < 4.78 is 5.92. The van der Waals surface area contributed by atoms with Gasteiger partial charge >= 0.3 is 0 Å². The van der Waals surface area contributed by atoms with Crippen molar-refractivity contribution in [3.8, 4) is 0 Å². The Morgan fingerprint density at radius 2 is 2.22 bits per heavy atom. The number of amides is 2. The molecule has 3 heterocycles. The third-order valence-corrected chi connectivity index (χ3v) is 5.53. The summed E-state index contributed by atoms with van der Waals surface area (Å²) in [6.45, 7) is 3.01. The van der Waals surface area contributed by atoms with Gasteiger partial charge in [-0.25, -0.2) is 0 Å². The molecule has 1 aromatic rings. The fourth-order valence-corrected chi connectivity index (χ4v) is 4.16. The van der Waals surface area contributed by atoms with Crippen molar-refractivity contribution in [3.05, 3.63) is 23.7 Å². The molecule has 126 valence electrons. The van der Waals surface area contributed by atoms with Crippen LogP contribution < -0.4 is 0 Å². The molecule has 6 heteroatoms. The van der Waals surface area contributed by atoms with Crippen LogP contribution in [0.15, 0.2) is 16.5 Å². The number of rotatable bonds is 4. The molecule has 1 atom stereocenters. The zero-order valence-corrected chi connectivity index (χ0v) is 14.4. The van der Waals surface area contributed by atoms with E-state index in [1.54, 1.807) is 16.7 Å². The summed E-state index contributed by atoms with van der Waals surface area (Å²) in [5.41, 5.74) is 0. The smallest absolute Gasteiger partial charge is 0.242 e. The first-order valence-electron chi connectivity index (χ1n) is 8.42. The number of hydrogen-bond acceptors (Lipinski definition) is 4. The first-order chi connectivity index (χ1) is 11.2. The Labute approximate surface area is 141 Å². The average Bonchev–Trinajstić information content (AvgIpc) is 3.10. The molecule has 0 radical (unpaired) electrons. The van der Waals surface area contributed by atoms with Crippen molar-refractivity contribution in [2.24, 2.45) is 0 Å². The van der Waals surface area contributed by atoms with Crippen molar-refractivity contribution in [2.75, 3.05) is 24.7 Å². The van der Waals surface area contributed by atoms with Crippen LogP contribution in [0.1, 0.15) is 50.2 Å². The summed E-state index contributed by atoms with van der Waals surface area (Å²) in [7, 11) is 0. The maximum Gasteiger partial charge on any atom is 0.242 e. The highest BCUT2D eigenvalue weighted by Gasteiger charge is 2.31. The lowest BCUT2D eigenvalue weighted by Crippen LogP contribution is -2.42. The Bertz CT molecular complexity index is 572. The van der Waals surface area contributed by atoms with Crippen LogP contribution in [0.4, 0.5) is 0 Å². The number of carbonyl (C=O) groups excluding carboxylic acids is 2. The normalized spacial score (nSPS) is 22.5. The number of thioether (sulfide) groups is 1. The fraction of sp³-hybridized carbons (Fsp3) is 0.647. The van der Waals surface area contributed by atoms with Gasteiger partial charge in [-0.1, -0.05) is 19.8 Å². The van der Waals surface area contributed by atoms with Gasteiger partial charge < -0.3 is 14.2 Å². The Kier molecular flexibility index (Phi) is 5.30. The summed E-state index contributed by atoms with van der Waals surface area (Å²) >= 11 is 1.57. The third kappa shape index (κ3) is 3.74. The van der Waals surface area contributed by atoms with Gasteiger partial charge in [-0.3, -0.25) is 9.59 Å². The third-order valence-electron chi connectivity index (χ3n) is 4.58. The number of aryl methyl sites for hydroxylation is 1. The van der Waals surface area contributed by atoms with Crippen molar-refractivity contribution < 1.29 is 14.0 Å². The van der Waals surface area contributed by atoms with Gasteiger partial charge in [0, 0.05) is 13.0 Å². The number of likely N-dealkylation sites (tertiary alicyclic amines) is 1. The van der Waals surface area contributed by atoms with Gasteiger partial charge in [0.05, 0.1) is 17.7 Å². The zero-order valence-electron chi connectivity index (χ0n) is 13.6. The van der Waals surface area contributed by atoms with Crippen molar-refractivity contribution in [1.29, 1.82) is 0 Å². The highest BCUT2D eigenvalue weighted by molar-refractivity contribution is 8.00. The molecule has 0 unspecified atom stereocenters. The molecule has 2 amide bonds. The Morgan fingerprint density at radius 1 is 1.35 bits per heavy atom. The summed E-state index contributed by atoms with van der Waals surface area (Å²) in [5, 5.41) is 0. The zero-order chi connectivity index (χ0) is 16.2. The van der Waals surface area contributed by atoms with E-state index >= 15 is 0 Å². The van der Waals surface area contributed by atoms with E-state index in [0.29, 0.717) is 11.6 Å². The van der Waals surface area contributed by atoms with E-state index in [4.69, 9.17) is 4.42 Å². The number of nitrogens with zero attached hydrogens (tertiary/aromatic N) is 2. The van der Waals surface area contributed by atoms with E-state index in [1.165, 1.54) is 0 Å². The van der Waals surface area contributed by atoms with Gasteiger partial charge in [0.25, 0.3) is 0 Å². The second-order valence-corrected chi connectivity index (χ2v) is 7.13. The molecule has 2 fully saturated rings. The molecule has 2 saturated heterocycles. The van der Waals surface area contributed by atoms with Crippen molar-refractivity contribution in [2.45, 2.75) is 45.1 Å². The largest absolute Gasteiger partial charge is 0.464 e. The Hall–Kier alpha value is -1.43. The van der Waals surface area contributed by atoms with Gasteiger partial charge in [-0.05, 0) is 25.0 Å². The van der Waals surface area contributed by atoms with Crippen LogP contribution in [0.3, 0.4) is 0 Å². The first-order valence-corrected chi connectivity index (χ1v) is 9.58. The lowest BCUT2D eigenvalue weighted by atomic mass is 10.1. The predicted molar refractivity (Wildman–Crippen MR) is 90.0 cm³/mol. The van der Waals surface area contributed by atoms with Crippen LogP contribution in [-0.4, -0.2) is 46.3 Å². The van der Waals surface area contributed by atoms with Gasteiger partial charge in [0.1, 0.15) is 18.1 Å². The molecule has 0 aromatic carbocycles. The number of hydrogen-bond donors (Lipinski definition) is 0. The minimum Gasteiger partial charge on any atom is -0.464 e. The molecule has 0 N–H and O–H groups in total. The number of carbonyl (C=O) groups is 2. The highest BCUT2D eigenvalue weighted by atomic mass is 32.2.